The summed E-state index contributed by atoms with van der Waals surface area (Å²) in [4.78, 5) is 0. The smallest absolute Gasteiger partial charge is 0.148 e. The van der Waals surface area contributed by atoms with Gasteiger partial charge in [0.05, 0.1) is 15.6 Å². The highest BCUT2D eigenvalue weighted by Crippen LogP contribution is 2.43. The minimum absolute atomic E-state index is 0.738. The molecule has 0 aliphatic heterocycles. The molecule has 0 aliphatic carbocycles. The van der Waals surface area contributed by atoms with Crippen LogP contribution < -0.4 is 4.74 Å². The van der Waals surface area contributed by atoms with E-state index >= 15 is 0 Å². The molecule has 0 heterocycles. The molecule has 0 N–H and O–H groups in total. The molecular weight excluding hydrogens is 456 g/mol. The first kappa shape index (κ1) is 14.0. The Balaban J connectivity index is 2.92. The Morgan fingerprint density at radius 1 is 1.07 bits per heavy atom. The first-order chi connectivity index (χ1) is 7.07. The van der Waals surface area contributed by atoms with Crippen LogP contribution in [0.25, 0.3) is 0 Å². The second kappa shape index (κ2) is 6.62. The van der Waals surface area contributed by atoms with Crippen LogP contribution in [0.4, 0.5) is 0 Å². The normalized spacial score (nSPS) is 10.5. The van der Waals surface area contributed by atoms with Crippen molar-refractivity contribution in [2.75, 3.05) is 6.61 Å². The average Bonchev–Trinajstić information content (AvgIpc) is 2.20. The Bertz CT molecular complexity index is 352. The highest BCUT2D eigenvalue weighted by atomic mass is 79.9. The molecule has 5 heteroatoms. The van der Waals surface area contributed by atoms with Crippen molar-refractivity contribution in [2.24, 2.45) is 0 Å². The van der Waals surface area contributed by atoms with E-state index in [1.165, 1.54) is 0 Å². The molecule has 15 heavy (non-hydrogen) atoms. The summed E-state index contributed by atoms with van der Waals surface area (Å²) < 4.78 is 9.53. The van der Waals surface area contributed by atoms with Crippen molar-refractivity contribution in [2.45, 2.75) is 19.8 Å². The van der Waals surface area contributed by atoms with E-state index in [1.807, 2.05) is 6.07 Å². The summed E-state index contributed by atoms with van der Waals surface area (Å²) in [6.07, 6.45) is 2.19. The molecular formula is C10H10Br4O. The van der Waals surface area contributed by atoms with E-state index in [9.17, 15) is 0 Å². The predicted molar refractivity (Wildman–Crippen MR) is 77.6 cm³/mol. The fourth-order valence-corrected chi connectivity index (χ4v) is 3.64. The summed E-state index contributed by atoms with van der Waals surface area (Å²) in [5.41, 5.74) is 0. The largest absolute Gasteiger partial charge is 0.491 e. The molecule has 1 aromatic rings. The maximum Gasteiger partial charge on any atom is 0.148 e. The van der Waals surface area contributed by atoms with E-state index in [4.69, 9.17) is 4.74 Å². The quantitative estimate of drug-likeness (QED) is 0.305. The molecule has 0 amide bonds. The lowest BCUT2D eigenvalue weighted by atomic mass is 10.3. The Labute approximate surface area is 123 Å². The molecule has 0 atom stereocenters. The SMILES string of the molecule is CCCCOc1c(Br)cc(Br)c(Br)c1Br. The molecule has 0 radical (unpaired) electrons. The van der Waals surface area contributed by atoms with E-state index in [0.29, 0.717) is 0 Å². The van der Waals surface area contributed by atoms with E-state index in [0.717, 1.165) is 43.1 Å². The van der Waals surface area contributed by atoms with Crippen LogP contribution in [0.15, 0.2) is 24.0 Å². The molecule has 0 saturated carbocycles. The summed E-state index contributed by atoms with van der Waals surface area (Å²) in [7, 11) is 0. The van der Waals surface area contributed by atoms with Crippen LogP contribution in [0.2, 0.25) is 0 Å². The highest BCUT2D eigenvalue weighted by molar-refractivity contribution is 9.14. The zero-order valence-corrected chi connectivity index (χ0v) is 14.5. The van der Waals surface area contributed by atoms with Gasteiger partial charge in [0.15, 0.2) is 0 Å². The third-order valence-electron chi connectivity index (χ3n) is 1.82. The third-order valence-corrected chi connectivity index (χ3v) is 5.68. The second-order valence-electron chi connectivity index (χ2n) is 3.00. The Morgan fingerprint density at radius 3 is 2.33 bits per heavy atom. The third kappa shape index (κ3) is 3.72. The van der Waals surface area contributed by atoms with Crippen LogP contribution >= 0.6 is 63.7 Å². The lowest BCUT2D eigenvalue weighted by Crippen LogP contribution is -1.98. The van der Waals surface area contributed by atoms with Crippen LogP contribution in [0.1, 0.15) is 19.8 Å². The van der Waals surface area contributed by atoms with Crippen molar-refractivity contribution in [1.82, 2.24) is 0 Å². The van der Waals surface area contributed by atoms with Crippen molar-refractivity contribution >= 4 is 63.7 Å². The molecule has 0 spiro atoms. The number of rotatable bonds is 4. The highest BCUT2D eigenvalue weighted by Gasteiger charge is 2.13. The zero-order valence-electron chi connectivity index (χ0n) is 8.12. The summed E-state index contributed by atoms with van der Waals surface area (Å²) in [6, 6.07) is 1.97. The number of halogens is 4. The van der Waals surface area contributed by atoms with E-state index in [1.54, 1.807) is 0 Å². The van der Waals surface area contributed by atoms with Crippen LogP contribution in [0.3, 0.4) is 0 Å². The molecule has 0 fully saturated rings. The molecule has 0 bridgehead atoms. The van der Waals surface area contributed by atoms with Gasteiger partial charge < -0.3 is 4.74 Å². The summed E-state index contributed by atoms with van der Waals surface area (Å²) in [6.45, 7) is 2.88. The lowest BCUT2D eigenvalue weighted by molar-refractivity contribution is 0.305. The average molecular weight is 466 g/mol. The fraction of sp³-hybridized carbons (Fsp3) is 0.400. The predicted octanol–water partition coefficient (Wildman–Crippen LogP) is 5.92. The molecule has 1 nitrogen and oxygen atoms in total. The van der Waals surface area contributed by atoms with Gasteiger partial charge in [-0.05, 0) is 76.2 Å². The van der Waals surface area contributed by atoms with Gasteiger partial charge in [-0.3, -0.25) is 0 Å². The molecule has 0 unspecified atom stereocenters. The summed E-state index contributed by atoms with van der Waals surface area (Å²) in [5.74, 6) is 0.846. The minimum Gasteiger partial charge on any atom is -0.491 e. The van der Waals surface area contributed by atoms with Crippen molar-refractivity contribution in [1.29, 1.82) is 0 Å². The second-order valence-corrected chi connectivity index (χ2v) is 6.29. The number of unbranched alkanes of at least 4 members (excludes halogenated alkanes) is 1. The number of hydrogen-bond acceptors (Lipinski definition) is 1. The van der Waals surface area contributed by atoms with Gasteiger partial charge in [0, 0.05) is 8.95 Å². The minimum atomic E-state index is 0.738. The molecule has 0 saturated heterocycles. The first-order valence-corrected chi connectivity index (χ1v) is 7.71. The van der Waals surface area contributed by atoms with Crippen molar-refractivity contribution in [3.63, 3.8) is 0 Å². The molecule has 0 aliphatic rings. The van der Waals surface area contributed by atoms with E-state index in [-0.39, 0.29) is 0 Å². The van der Waals surface area contributed by atoms with E-state index in [2.05, 4.69) is 70.6 Å². The Hall–Kier alpha value is 0.940. The molecule has 1 aromatic carbocycles. The summed E-state index contributed by atoms with van der Waals surface area (Å²) in [5, 5.41) is 0. The number of benzene rings is 1. The Kier molecular flexibility index (Phi) is 6.18. The molecule has 84 valence electrons. The monoisotopic (exact) mass is 462 g/mol. The van der Waals surface area contributed by atoms with E-state index < -0.39 is 0 Å². The first-order valence-electron chi connectivity index (χ1n) is 4.53. The van der Waals surface area contributed by atoms with Crippen LogP contribution in [-0.4, -0.2) is 6.61 Å². The van der Waals surface area contributed by atoms with Crippen molar-refractivity contribution in [3.05, 3.63) is 24.0 Å². The van der Waals surface area contributed by atoms with Gasteiger partial charge in [-0.2, -0.15) is 0 Å². The van der Waals surface area contributed by atoms with Gasteiger partial charge in [-0.1, -0.05) is 13.3 Å². The Morgan fingerprint density at radius 2 is 1.73 bits per heavy atom. The maximum absolute atomic E-state index is 5.70. The zero-order chi connectivity index (χ0) is 11.4. The fourth-order valence-electron chi connectivity index (χ4n) is 1.00. The maximum atomic E-state index is 5.70. The van der Waals surface area contributed by atoms with Crippen LogP contribution in [-0.2, 0) is 0 Å². The standard InChI is InChI=1S/C10H10Br4O/c1-2-3-4-15-10-7(12)5-6(11)8(13)9(10)14/h5H,2-4H2,1H3. The lowest BCUT2D eigenvalue weighted by Gasteiger charge is -2.12. The van der Waals surface area contributed by atoms with Crippen molar-refractivity contribution < 1.29 is 4.74 Å². The number of ether oxygens (including phenoxy) is 1. The van der Waals surface area contributed by atoms with Gasteiger partial charge in [0.25, 0.3) is 0 Å². The molecule has 0 aromatic heterocycles. The summed E-state index contributed by atoms with van der Waals surface area (Å²) >= 11 is 13.9. The van der Waals surface area contributed by atoms with Crippen LogP contribution in [0.5, 0.6) is 5.75 Å². The van der Waals surface area contributed by atoms with Gasteiger partial charge in [0.1, 0.15) is 5.75 Å². The number of hydrogen-bond donors (Lipinski definition) is 0. The molecule has 1 rings (SSSR count). The van der Waals surface area contributed by atoms with Gasteiger partial charge in [-0.15, -0.1) is 0 Å². The van der Waals surface area contributed by atoms with Crippen LogP contribution in [0, 0.1) is 0 Å². The topological polar surface area (TPSA) is 9.23 Å². The van der Waals surface area contributed by atoms with Gasteiger partial charge in [-0.25, -0.2) is 0 Å². The van der Waals surface area contributed by atoms with Gasteiger partial charge >= 0.3 is 0 Å². The van der Waals surface area contributed by atoms with Crippen molar-refractivity contribution in [3.8, 4) is 5.75 Å². The van der Waals surface area contributed by atoms with Gasteiger partial charge in [0.2, 0.25) is 0 Å².